The molecule has 1 aliphatic rings. The van der Waals surface area contributed by atoms with Crippen LogP contribution in [0.15, 0.2) is 36.5 Å². The molecule has 1 aromatic carbocycles. The predicted molar refractivity (Wildman–Crippen MR) is 81.1 cm³/mol. The average Bonchev–Trinajstić information content (AvgIpc) is 2.43. The van der Waals surface area contributed by atoms with Crippen LogP contribution >= 0.6 is 11.6 Å². The van der Waals surface area contributed by atoms with Gasteiger partial charge in [-0.25, -0.2) is 0 Å². The van der Waals surface area contributed by atoms with E-state index in [0.29, 0.717) is 24.2 Å². The van der Waals surface area contributed by atoms with Crippen LogP contribution in [0, 0.1) is 0 Å². The first-order valence-electron chi connectivity index (χ1n) is 7.02. The average molecular weight is 289 g/mol. The Kier molecular flexibility index (Phi) is 3.88. The van der Waals surface area contributed by atoms with Crippen LogP contribution in [0.1, 0.15) is 29.8 Å². The highest BCUT2D eigenvalue weighted by Crippen LogP contribution is 2.27. The van der Waals surface area contributed by atoms with Crippen LogP contribution < -0.4 is 0 Å². The summed E-state index contributed by atoms with van der Waals surface area (Å²) in [5.74, 6) is 0.472. The molecular weight excluding hydrogens is 272 g/mol. The number of hydrogen-bond acceptors (Lipinski definition) is 2. The molecule has 1 fully saturated rings. The van der Waals surface area contributed by atoms with Gasteiger partial charge < -0.3 is 4.90 Å². The smallest absolute Gasteiger partial charge is 0.273 e. The Bertz CT molecular complexity index is 619. The second-order valence-corrected chi connectivity index (χ2v) is 5.53. The second-order valence-electron chi connectivity index (χ2n) is 5.15. The van der Waals surface area contributed by atoms with Gasteiger partial charge in [-0.3, -0.25) is 9.78 Å². The van der Waals surface area contributed by atoms with Gasteiger partial charge in [0.25, 0.3) is 5.91 Å². The number of carbonyl (C=O) groups excluding carboxylic acids is 1. The maximum absolute atomic E-state index is 12.8. The lowest BCUT2D eigenvalue weighted by molar-refractivity contribution is 0.0594. The monoisotopic (exact) mass is 288 g/mol. The summed E-state index contributed by atoms with van der Waals surface area (Å²) >= 11 is 5.86. The van der Waals surface area contributed by atoms with E-state index in [2.05, 4.69) is 4.98 Å². The van der Waals surface area contributed by atoms with Crippen LogP contribution in [0.4, 0.5) is 0 Å². The Morgan fingerprint density at radius 3 is 2.80 bits per heavy atom. The van der Waals surface area contributed by atoms with Gasteiger partial charge in [0.1, 0.15) is 5.69 Å². The molecule has 0 saturated heterocycles. The number of amides is 1. The lowest BCUT2D eigenvalue weighted by Crippen LogP contribution is -2.45. The molecule has 0 unspecified atom stereocenters. The van der Waals surface area contributed by atoms with Crippen LogP contribution in [0.2, 0.25) is 0 Å². The summed E-state index contributed by atoms with van der Waals surface area (Å²) in [5.41, 5.74) is 0.542. The van der Waals surface area contributed by atoms with Gasteiger partial charge >= 0.3 is 0 Å². The van der Waals surface area contributed by atoms with Crippen molar-refractivity contribution in [1.82, 2.24) is 9.88 Å². The highest BCUT2D eigenvalue weighted by Gasteiger charge is 2.30. The number of aromatic nitrogens is 1. The lowest BCUT2D eigenvalue weighted by Gasteiger charge is -2.37. The molecule has 1 heterocycles. The molecule has 1 saturated carbocycles. The zero-order valence-corrected chi connectivity index (χ0v) is 12.0. The molecule has 1 amide bonds. The zero-order valence-electron chi connectivity index (χ0n) is 11.3. The van der Waals surface area contributed by atoms with E-state index in [-0.39, 0.29) is 5.91 Å². The van der Waals surface area contributed by atoms with E-state index in [4.69, 9.17) is 11.6 Å². The van der Waals surface area contributed by atoms with E-state index >= 15 is 0 Å². The molecule has 1 aromatic heterocycles. The second kappa shape index (κ2) is 5.80. The summed E-state index contributed by atoms with van der Waals surface area (Å²) in [6, 6.07) is 10.1. The number of nitrogens with zero attached hydrogens (tertiary/aromatic N) is 2. The first-order chi connectivity index (χ1) is 9.81. The maximum atomic E-state index is 12.8. The summed E-state index contributed by atoms with van der Waals surface area (Å²) in [6.07, 6.45) is 5.05. The van der Waals surface area contributed by atoms with Crippen LogP contribution in [0.3, 0.4) is 0 Å². The number of carbonyl (C=O) groups is 1. The van der Waals surface area contributed by atoms with E-state index in [0.717, 1.165) is 23.6 Å². The molecule has 0 bridgehead atoms. The predicted octanol–water partition coefficient (Wildman–Crippen LogP) is 3.47. The molecule has 2 aromatic rings. The Balaban J connectivity index is 1.98. The Labute approximate surface area is 123 Å². The topological polar surface area (TPSA) is 33.2 Å². The molecule has 4 heteroatoms. The van der Waals surface area contributed by atoms with Crippen molar-refractivity contribution in [3.05, 3.63) is 42.2 Å². The van der Waals surface area contributed by atoms with Crippen LogP contribution in [-0.4, -0.2) is 34.3 Å². The van der Waals surface area contributed by atoms with Crippen LogP contribution in [-0.2, 0) is 0 Å². The van der Waals surface area contributed by atoms with Crippen LogP contribution in [0.25, 0.3) is 10.8 Å². The molecule has 104 valence electrons. The Morgan fingerprint density at radius 1 is 1.30 bits per heavy atom. The molecule has 0 aliphatic heterocycles. The first kappa shape index (κ1) is 13.4. The summed E-state index contributed by atoms with van der Waals surface area (Å²) in [6.45, 7) is 0.593. The molecular formula is C16H17ClN2O. The minimum Gasteiger partial charge on any atom is -0.333 e. The molecule has 0 atom stereocenters. The molecule has 1 aliphatic carbocycles. The van der Waals surface area contributed by atoms with Crippen molar-refractivity contribution in [3.8, 4) is 0 Å². The molecule has 20 heavy (non-hydrogen) atoms. The molecule has 0 radical (unpaired) electrons. The normalized spacial score (nSPS) is 15.1. The third-order valence-corrected chi connectivity index (χ3v) is 4.15. The molecule has 3 rings (SSSR count). The molecule has 0 N–H and O–H groups in total. The van der Waals surface area contributed by atoms with Crippen molar-refractivity contribution in [3.63, 3.8) is 0 Å². The molecule has 3 nitrogen and oxygen atoms in total. The minimum absolute atomic E-state index is 0.00662. The number of alkyl halides is 1. The summed E-state index contributed by atoms with van der Waals surface area (Å²) in [5, 5.41) is 1.96. The van der Waals surface area contributed by atoms with Crippen molar-refractivity contribution in [2.75, 3.05) is 12.4 Å². The number of fused-ring (bicyclic) bond motifs is 1. The van der Waals surface area contributed by atoms with E-state index < -0.39 is 0 Å². The van der Waals surface area contributed by atoms with E-state index in [9.17, 15) is 4.79 Å². The number of benzene rings is 1. The van der Waals surface area contributed by atoms with Gasteiger partial charge in [-0.1, -0.05) is 24.3 Å². The number of hydrogen-bond donors (Lipinski definition) is 0. The summed E-state index contributed by atoms with van der Waals surface area (Å²) in [7, 11) is 0. The highest BCUT2D eigenvalue weighted by molar-refractivity contribution is 6.18. The fourth-order valence-electron chi connectivity index (χ4n) is 2.67. The van der Waals surface area contributed by atoms with Gasteiger partial charge in [0.2, 0.25) is 0 Å². The van der Waals surface area contributed by atoms with Crippen molar-refractivity contribution in [1.29, 1.82) is 0 Å². The third-order valence-electron chi connectivity index (χ3n) is 3.98. The van der Waals surface area contributed by atoms with Gasteiger partial charge in [0.05, 0.1) is 0 Å². The summed E-state index contributed by atoms with van der Waals surface area (Å²) < 4.78 is 0. The Hall–Kier alpha value is -1.61. The number of halogens is 1. The van der Waals surface area contributed by atoms with Gasteiger partial charge in [-0.05, 0) is 30.7 Å². The lowest BCUT2D eigenvalue weighted by atomic mass is 9.91. The van der Waals surface area contributed by atoms with E-state index in [1.165, 1.54) is 6.42 Å². The first-order valence-corrected chi connectivity index (χ1v) is 7.55. The van der Waals surface area contributed by atoms with Gasteiger partial charge in [0.15, 0.2) is 0 Å². The van der Waals surface area contributed by atoms with Crippen molar-refractivity contribution in [2.24, 2.45) is 0 Å². The fourth-order valence-corrected chi connectivity index (χ4v) is 2.85. The van der Waals surface area contributed by atoms with Crippen molar-refractivity contribution in [2.45, 2.75) is 25.3 Å². The van der Waals surface area contributed by atoms with Gasteiger partial charge in [-0.2, -0.15) is 0 Å². The quantitative estimate of drug-likeness (QED) is 0.807. The van der Waals surface area contributed by atoms with Crippen molar-refractivity contribution < 1.29 is 4.79 Å². The maximum Gasteiger partial charge on any atom is 0.273 e. The zero-order chi connectivity index (χ0) is 13.9. The van der Waals surface area contributed by atoms with Crippen LogP contribution in [0.5, 0.6) is 0 Å². The largest absolute Gasteiger partial charge is 0.333 e. The standard InChI is InChI=1S/C16H17ClN2O/c17-9-11-19(13-5-3-6-13)16(20)15-14-7-2-1-4-12(14)8-10-18-15/h1-2,4,7-8,10,13H,3,5-6,9,11H2. The van der Waals surface area contributed by atoms with Gasteiger partial charge in [0, 0.05) is 30.0 Å². The highest BCUT2D eigenvalue weighted by atomic mass is 35.5. The minimum atomic E-state index is 0.00662. The third kappa shape index (κ3) is 2.38. The molecule has 0 spiro atoms. The van der Waals surface area contributed by atoms with E-state index in [1.807, 2.05) is 35.2 Å². The SMILES string of the molecule is O=C(c1nccc2ccccc12)N(CCCl)C1CCC1. The Morgan fingerprint density at radius 2 is 2.10 bits per heavy atom. The number of pyridine rings is 1. The summed E-state index contributed by atoms with van der Waals surface area (Å²) in [4.78, 5) is 19.0. The van der Waals surface area contributed by atoms with Crippen molar-refractivity contribution >= 4 is 28.3 Å². The van der Waals surface area contributed by atoms with Gasteiger partial charge in [-0.15, -0.1) is 11.6 Å². The number of rotatable bonds is 4. The fraction of sp³-hybridized carbons (Fsp3) is 0.375. The van der Waals surface area contributed by atoms with E-state index in [1.54, 1.807) is 6.20 Å².